The molecule has 2 rings (SSSR count). The molecule has 3 nitrogen and oxygen atoms in total. The first-order chi connectivity index (χ1) is 6.81. The van der Waals surface area contributed by atoms with Crippen LogP contribution in [0.2, 0.25) is 0 Å². The van der Waals surface area contributed by atoms with Crippen molar-refractivity contribution in [3.63, 3.8) is 0 Å². The van der Waals surface area contributed by atoms with Crippen LogP contribution in [0.25, 0.3) is 0 Å². The molecule has 0 aliphatic carbocycles. The molecule has 76 valence electrons. The van der Waals surface area contributed by atoms with Gasteiger partial charge in [0.05, 0.1) is 13.2 Å². The Morgan fingerprint density at radius 3 is 3.21 bits per heavy atom. The number of nitrogens with two attached hydrogens (primary N) is 1. The minimum atomic E-state index is 0.107. The second-order valence-corrected chi connectivity index (χ2v) is 3.55. The monoisotopic (exact) mass is 193 g/mol. The van der Waals surface area contributed by atoms with Gasteiger partial charge in [0.2, 0.25) is 0 Å². The molecule has 0 radical (unpaired) electrons. The Bertz CT molecular complexity index is 325. The van der Waals surface area contributed by atoms with Crippen molar-refractivity contribution in [1.29, 1.82) is 0 Å². The van der Waals surface area contributed by atoms with Gasteiger partial charge >= 0.3 is 0 Å². The number of rotatable bonds is 2. The van der Waals surface area contributed by atoms with Gasteiger partial charge in [-0.2, -0.15) is 0 Å². The molecule has 0 saturated heterocycles. The lowest BCUT2D eigenvalue weighted by Crippen LogP contribution is -2.20. The fourth-order valence-electron chi connectivity index (χ4n) is 1.73. The number of ether oxygens (including phenoxy) is 2. The first-order valence-corrected chi connectivity index (χ1v) is 4.81. The van der Waals surface area contributed by atoms with E-state index in [9.17, 15) is 0 Å². The van der Waals surface area contributed by atoms with Gasteiger partial charge in [-0.25, -0.2) is 0 Å². The van der Waals surface area contributed by atoms with Gasteiger partial charge in [0.25, 0.3) is 0 Å². The zero-order valence-corrected chi connectivity index (χ0v) is 8.32. The third-order valence-electron chi connectivity index (χ3n) is 2.47. The van der Waals surface area contributed by atoms with Gasteiger partial charge < -0.3 is 15.2 Å². The van der Waals surface area contributed by atoms with Crippen molar-refractivity contribution in [3.05, 3.63) is 29.3 Å². The minimum absolute atomic E-state index is 0.107. The number of hydrogen-bond acceptors (Lipinski definition) is 3. The van der Waals surface area contributed by atoms with Gasteiger partial charge in [-0.1, -0.05) is 6.07 Å². The number of benzene rings is 1. The predicted molar refractivity (Wildman–Crippen MR) is 54.2 cm³/mol. The van der Waals surface area contributed by atoms with Crippen molar-refractivity contribution >= 4 is 0 Å². The predicted octanol–water partition coefficient (Wildman–Crippen LogP) is 1.62. The smallest absolute Gasteiger partial charge is 0.124 e. The topological polar surface area (TPSA) is 44.5 Å². The number of methoxy groups -OCH3 is 1. The SMILES string of the molecule is COCc1ccc2c(c1)[C@@H](N)CCO2. The molecule has 0 aromatic heterocycles. The van der Waals surface area contributed by atoms with E-state index in [2.05, 4.69) is 6.07 Å². The van der Waals surface area contributed by atoms with Crippen LogP contribution in [-0.4, -0.2) is 13.7 Å². The molecule has 0 spiro atoms. The van der Waals surface area contributed by atoms with Gasteiger partial charge in [-0.05, 0) is 17.7 Å². The lowest BCUT2D eigenvalue weighted by molar-refractivity contribution is 0.184. The second-order valence-electron chi connectivity index (χ2n) is 3.55. The van der Waals surface area contributed by atoms with Crippen molar-refractivity contribution in [1.82, 2.24) is 0 Å². The van der Waals surface area contributed by atoms with E-state index in [-0.39, 0.29) is 6.04 Å². The van der Waals surface area contributed by atoms with Crippen molar-refractivity contribution in [2.24, 2.45) is 5.73 Å². The first-order valence-electron chi connectivity index (χ1n) is 4.81. The lowest BCUT2D eigenvalue weighted by Gasteiger charge is -2.23. The van der Waals surface area contributed by atoms with Crippen LogP contribution in [0.5, 0.6) is 5.75 Å². The van der Waals surface area contributed by atoms with Crippen LogP contribution in [0.15, 0.2) is 18.2 Å². The summed E-state index contributed by atoms with van der Waals surface area (Å²) in [4.78, 5) is 0. The summed E-state index contributed by atoms with van der Waals surface area (Å²) in [6.45, 7) is 1.35. The summed E-state index contributed by atoms with van der Waals surface area (Å²) >= 11 is 0. The molecule has 0 fully saturated rings. The largest absolute Gasteiger partial charge is 0.493 e. The summed E-state index contributed by atoms with van der Waals surface area (Å²) in [7, 11) is 1.69. The summed E-state index contributed by atoms with van der Waals surface area (Å²) in [6.07, 6.45) is 0.892. The molecule has 1 heterocycles. The van der Waals surface area contributed by atoms with Crippen LogP contribution in [0.4, 0.5) is 0 Å². The molecule has 0 saturated carbocycles. The van der Waals surface area contributed by atoms with Gasteiger partial charge in [0.15, 0.2) is 0 Å². The highest BCUT2D eigenvalue weighted by Crippen LogP contribution is 2.31. The fourth-order valence-corrected chi connectivity index (χ4v) is 1.73. The van der Waals surface area contributed by atoms with Crippen molar-refractivity contribution in [2.75, 3.05) is 13.7 Å². The van der Waals surface area contributed by atoms with Crippen molar-refractivity contribution in [2.45, 2.75) is 19.1 Å². The van der Waals surface area contributed by atoms with Crippen LogP contribution in [-0.2, 0) is 11.3 Å². The summed E-state index contributed by atoms with van der Waals surface area (Å²) in [6, 6.07) is 6.17. The highest BCUT2D eigenvalue weighted by Gasteiger charge is 2.17. The summed E-state index contributed by atoms with van der Waals surface area (Å²) in [5.41, 5.74) is 8.24. The molecule has 0 amide bonds. The molecule has 1 atom stereocenters. The molecular weight excluding hydrogens is 178 g/mol. The average Bonchev–Trinajstić information content (AvgIpc) is 2.20. The van der Waals surface area contributed by atoms with E-state index in [1.807, 2.05) is 12.1 Å². The van der Waals surface area contributed by atoms with E-state index in [0.29, 0.717) is 6.61 Å². The molecule has 0 bridgehead atoms. The zero-order valence-electron chi connectivity index (χ0n) is 8.32. The highest BCUT2D eigenvalue weighted by atomic mass is 16.5. The molecule has 14 heavy (non-hydrogen) atoms. The van der Waals surface area contributed by atoms with Crippen LogP contribution in [0, 0.1) is 0 Å². The van der Waals surface area contributed by atoms with E-state index in [1.165, 1.54) is 0 Å². The maximum absolute atomic E-state index is 5.99. The maximum atomic E-state index is 5.99. The van der Waals surface area contributed by atoms with Gasteiger partial charge in [-0.15, -0.1) is 0 Å². The second kappa shape index (κ2) is 3.98. The van der Waals surface area contributed by atoms with E-state index in [0.717, 1.165) is 29.9 Å². The number of fused-ring (bicyclic) bond motifs is 1. The molecular formula is C11H15NO2. The Hall–Kier alpha value is -1.06. The van der Waals surface area contributed by atoms with Gasteiger partial charge in [0, 0.05) is 25.1 Å². The maximum Gasteiger partial charge on any atom is 0.124 e. The average molecular weight is 193 g/mol. The standard InChI is InChI=1S/C11H15NO2/c1-13-7-8-2-3-11-9(6-8)10(12)4-5-14-11/h2-3,6,10H,4-5,7,12H2,1H3/t10-/m0/s1. The van der Waals surface area contributed by atoms with E-state index >= 15 is 0 Å². The Kier molecular flexibility index (Phi) is 2.70. The Morgan fingerprint density at radius 2 is 2.43 bits per heavy atom. The Labute approximate surface area is 83.8 Å². The lowest BCUT2D eigenvalue weighted by atomic mass is 9.99. The molecule has 1 aromatic rings. The number of hydrogen-bond donors (Lipinski definition) is 1. The molecule has 3 heteroatoms. The van der Waals surface area contributed by atoms with Crippen LogP contribution >= 0.6 is 0 Å². The minimum Gasteiger partial charge on any atom is -0.493 e. The molecule has 1 aliphatic rings. The zero-order chi connectivity index (χ0) is 9.97. The normalized spacial score (nSPS) is 20.0. The molecule has 0 unspecified atom stereocenters. The Balaban J connectivity index is 2.31. The van der Waals surface area contributed by atoms with E-state index < -0.39 is 0 Å². The van der Waals surface area contributed by atoms with Crippen LogP contribution in [0.3, 0.4) is 0 Å². The van der Waals surface area contributed by atoms with Crippen molar-refractivity contribution in [3.8, 4) is 5.75 Å². The van der Waals surface area contributed by atoms with E-state index in [1.54, 1.807) is 7.11 Å². The Morgan fingerprint density at radius 1 is 1.57 bits per heavy atom. The van der Waals surface area contributed by atoms with Crippen molar-refractivity contribution < 1.29 is 9.47 Å². The fraction of sp³-hybridized carbons (Fsp3) is 0.455. The first kappa shape index (κ1) is 9.49. The molecule has 1 aromatic carbocycles. The quantitative estimate of drug-likeness (QED) is 0.776. The van der Waals surface area contributed by atoms with Crippen LogP contribution < -0.4 is 10.5 Å². The molecule has 1 aliphatic heterocycles. The van der Waals surface area contributed by atoms with Gasteiger partial charge in [0.1, 0.15) is 5.75 Å². The molecule has 2 N–H and O–H groups in total. The third-order valence-corrected chi connectivity index (χ3v) is 2.47. The van der Waals surface area contributed by atoms with E-state index in [4.69, 9.17) is 15.2 Å². The van der Waals surface area contributed by atoms with Crippen LogP contribution in [0.1, 0.15) is 23.6 Å². The van der Waals surface area contributed by atoms with Gasteiger partial charge in [-0.3, -0.25) is 0 Å². The third kappa shape index (κ3) is 1.74. The summed E-state index contributed by atoms with van der Waals surface area (Å²) < 4.78 is 10.6. The summed E-state index contributed by atoms with van der Waals surface area (Å²) in [5, 5.41) is 0. The highest BCUT2D eigenvalue weighted by molar-refractivity contribution is 5.40. The summed E-state index contributed by atoms with van der Waals surface area (Å²) in [5.74, 6) is 0.920.